The topological polar surface area (TPSA) is 52.6 Å². The minimum Gasteiger partial charge on any atom is -0.461 e. The first-order valence-corrected chi connectivity index (χ1v) is 8.70. The van der Waals surface area contributed by atoms with Crippen molar-refractivity contribution in [3.63, 3.8) is 0 Å². The summed E-state index contributed by atoms with van der Waals surface area (Å²) < 4.78 is 23.3. The van der Waals surface area contributed by atoms with E-state index in [0.717, 1.165) is 22.4 Å². The highest BCUT2D eigenvalue weighted by atomic mass is 19.1. The second-order valence-electron chi connectivity index (χ2n) is 6.13. The molecule has 0 heterocycles. The van der Waals surface area contributed by atoms with Gasteiger partial charge in [0.15, 0.2) is 0 Å². The molecule has 0 atom stereocenters. The number of rotatable bonds is 7. The van der Waals surface area contributed by atoms with Crippen LogP contribution in [0.15, 0.2) is 66.7 Å². The van der Waals surface area contributed by atoms with E-state index in [4.69, 9.17) is 9.47 Å². The van der Waals surface area contributed by atoms with Crippen LogP contribution in [0.2, 0.25) is 0 Å². The summed E-state index contributed by atoms with van der Waals surface area (Å²) in [6.45, 7) is 0.192. The molecule has 3 rings (SSSR count). The standard InChI is InChI=1S/C22H19FO4/c23-19-7-3-8-20(14-19)27-22(25)10-4-9-21(24)26-15-16-11-12-17-5-1-2-6-18(17)13-16/h1-3,5-8,11-14H,4,9-10,15H2. The van der Waals surface area contributed by atoms with E-state index in [0.29, 0.717) is 6.42 Å². The average Bonchev–Trinajstić information content (AvgIpc) is 2.66. The number of halogens is 1. The molecule has 0 amide bonds. The Morgan fingerprint density at radius 3 is 2.41 bits per heavy atom. The lowest BCUT2D eigenvalue weighted by atomic mass is 10.1. The fourth-order valence-corrected chi connectivity index (χ4v) is 2.65. The van der Waals surface area contributed by atoms with Crippen molar-refractivity contribution in [2.24, 2.45) is 0 Å². The van der Waals surface area contributed by atoms with Gasteiger partial charge in [-0.05, 0) is 41.0 Å². The molecule has 4 nitrogen and oxygen atoms in total. The quantitative estimate of drug-likeness (QED) is 0.445. The molecule has 5 heteroatoms. The Morgan fingerprint density at radius 1 is 0.815 bits per heavy atom. The van der Waals surface area contributed by atoms with Crippen LogP contribution in [0.4, 0.5) is 4.39 Å². The SMILES string of the molecule is O=C(CCCC(=O)Oc1cccc(F)c1)OCc1ccc2ccccc2c1. The first kappa shape index (κ1) is 18.6. The lowest BCUT2D eigenvalue weighted by Gasteiger charge is -2.07. The lowest BCUT2D eigenvalue weighted by Crippen LogP contribution is -2.10. The number of ether oxygens (including phenoxy) is 2. The molecule has 0 saturated carbocycles. The van der Waals surface area contributed by atoms with Gasteiger partial charge in [0.2, 0.25) is 0 Å². The number of benzene rings is 3. The van der Waals surface area contributed by atoms with Gasteiger partial charge in [-0.25, -0.2) is 4.39 Å². The van der Waals surface area contributed by atoms with E-state index in [2.05, 4.69) is 0 Å². The zero-order chi connectivity index (χ0) is 19.1. The smallest absolute Gasteiger partial charge is 0.311 e. The Labute approximate surface area is 156 Å². The van der Waals surface area contributed by atoms with Crippen molar-refractivity contribution in [2.75, 3.05) is 0 Å². The van der Waals surface area contributed by atoms with Gasteiger partial charge in [-0.1, -0.05) is 42.5 Å². The highest BCUT2D eigenvalue weighted by molar-refractivity contribution is 5.83. The molecule has 0 aliphatic carbocycles. The van der Waals surface area contributed by atoms with E-state index in [1.165, 1.54) is 18.2 Å². The molecule has 0 radical (unpaired) electrons. The summed E-state index contributed by atoms with van der Waals surface area (Å²) in [5.74, 6) is -1.21. The van der Waals surface area contributed by atoms with Crippen LogP contribution in [0, 0.1) is 5.82 Å². The Balaban J connectivity index is 1.39. The second-order valence-corrected chi connectivity index (χ2v) is 6.13. The van der Waals surface area contributed by atoms with E-state index < -0.39 is 11.8 Å². The molecule has 0 aromatic heterocycles. The van der Waals surface area contributed by atoms with Crippen molar-refractivity contribution in [1.82, 2.24) is 0 Å². The number of fused-ring (bicyclic) bond motifs is 1. The summed E-state index contributed by atoms with van der Waals surface area (Å²) in [4.78, 5) is 23.6. The van der Waals surface area contributed by atoms with Crippen LogP contribution in [0.1, 0.15) is 24.8 Å². The monoisotopic (exact) mass is 366 g/mol. The van der Waals surface area contributed by atoms with Gasteiger partial charge in [0.1, 0.15) is 18.2 Å². The van der Waals surface area contributed by atoms with Gasteiger partial charge >= 0.3 is 11.9 Å². The molecule has 3 aromatic rings. The summed E-state index contributed by atoms with van der Waals surface area (Å²) in [5.41, 5.74) is 0.910. The number of esters is 2. The summed E-state index contributed by atoms with van der Waals surface area (Å²) in [7, 11) is 0. The van der Waals surface area contributed by atoms with Crippen molar-refractivity contribution in [1.29, 1.82) is 0 Å². The van der Waals surface area contributed by atoms with Crippen LogP contribution in [-0.2, 0) is 20.9 Å². The fourth-order valence-electron chi connectivity index (χ4n) is 2.65. The van der Waals surface area contributed by atoms with Crippen molar-refractivity contribution < 1.29 is 23.5 Å². The van der Waals surface area contributed by atoms with E-state index in [9.17, 15) is 14.0 Å². The van der Waals surface area contributed by atoms with Crippen molar-refractivity contribution in [2.45, 2.75) is 25.9 Å². The fraction of sp³-hybridized carbons (Fsp3) is 0.182. The maximum atomic E-state index is 13.0. The summed E-state index contributed by atoms with van der Waals surface area (Å²) in [6, 6.07) is 19.2. The summed E-state index contributed by atoms with van der Waals surface area (Å²) in [5, 5.41) is 2.22. The molecular formula is C22H19FO4. The van der Waals surface area contributed by atoms with Gasteiger partial charge < -0.3 is 9.47 Å². The third kappa shape index (κ3) is 5.64. The molecule has 138 valence electrons. The molecule has 0 saturated heterocycles. The van der Waals surface area contributed by atoms with Crippen LogP contribution in [0.5, 0.6) is 5.75 Å². The van der Waals surface area contributed by atoms with E-state index >= 15 is 0 Å². The van der Waals surface area contributed by atoms with Crippen LogP contribution in [-0.4, -0.2) is 11.9 Å². The minimum absolute atomic E-state index is 0.0571. The molecule has 0 bridgehead atoms. The lowest BCUT2D eigenvalue weighted by molar-refractivity contribution is -0.145. The van der Waals surface area contributed by atoms with Gasteiger partial charge in [0.05, 0.1) is 0 Å². The molecule has 0 unspecified atom stereocenters. The van der Waals surface area contributed by atoms with Gasteiger partial charge in [0.25, 0.3) is 0 Å². The average molecular weight is 366 g/mol. The first-order chi connectivity index (χ1) is 13.1. The zero-order valence-electron chi connectivity index (χ0n) is 14.7. The normalized spacial score (nSPS) is 10.6. The van der Waals surface area contributed by atoms with Crippen molar-refractivity contribution in [3.05, 3.63) is 78.1 Å². The Kier molecular flexibility index (Phi) is 6.15. The summed E-state index contributed by atoms with van der Waals surface area (Å²) >= 11 is 0. The van der Waals surface area contributed by atoms with Gasteiger partial charge in [-0.15, -0.1) is 0 Å². The third-order valence-corrected chi connectivity index (χ3v) is 4.00. The number of hydrogen-bond donors (Lipinski definition) is 0. The second kappa shape index (κ2) is 8.94. The first-order valence-electron chi connectivity index (χ1n) is 8.70. The molecule has 0 N–H and O–H groups in total. The molecule has 0 aliphatic heterocycles. The number of hydrogen-bond acceptors (Lipinski definition) is 4. The molecule has 3 aromatic carbocycles. The molecule has 0 fully saturated rings. The summed E-state index contributed by atoms with van der Waals surface area (Å²) in [6.07, 6.45) is 0.484. The van der Waals surface area contributed by atoms with Crippen LogP contribution < -0.4 is 4.74 Å². The maximum Gasteiger partial charge on any atom is 0.311 e. The van der Waals surface area contributed by atoms with E-state index in [1.54, 1.807) is 0 Å². The zero-order valence-corrected chi connectivity index (χ0v) is 14.7. The molecular weight excluding hydrogens is 347 g/mol. The Bertz CT molecular complexity index is 952. The molecule has 27 heavy (non-hydrogen) atoms. The maximum absolute atomic E-state index is 13.0. The Hall–Kier alpha value is -3.21. The largest absolute Gasteiger partial charge is 0.461 e. The van der Waals surface area contributed by atoms with Crippen molar-refractivity contribution >= 4 is 22.7 Å². The van der Waals surface area contributed by atoms with Crippen LogP contribution in [0.3, 0.4) is 0 Å². The number of carbonyl (C=O) groups is 2. The number of carbonyl (C=O) groups excluding carboxylic acids is 2. The van der Waals surface area contributed by atoms with E-state index in [1.807, 2.05) is 42.5 Å². The predicted octanol–water partition coefficient (Wildman–Crippen LogP) is 4.80. The van der Waals surface area contributed by atoms with E-state index in [-0.39, 0.29) is 31.2 Å². The van der Waals surface area contributed by atoms with Crippen molar-refractivity contribution in [3.8, 4) is 5.75 Å². The minimum atomic E-state index is -0.511. The third-order valence-electron chi connectivity index (χ3n) is 4.00. The highest BCUT2D eigenvalue weighted by Crippen LogP contribution is 2.17. The Morgan fingerprint density at radius 2 is 1.59 bits per heavy atom. The predicted molar refractivity (Wildman–Crippen MR) is 99.6 cm³/mol. The van der Waals surface area contributed by atoms with Gasteiger partial charge in [-0.3, -0.25) is 9.59 Å². The van der Waals surface area contributed by atoms with Gasteiger partial charge in [0, 0.05) is 18.9 Å². The molecule has 0 aliphatic rings. The van der Waals surface area contributed by atoms with Gasteiger partial charge in [-0.2, -0.15) is 0 Å². The highest BCUT2D eigenvalue weighted by Gasteiger charge is 2.09. The van der Waals surface area contributed by atoms with Crippen LogP contribution >= 0.6 is 0 Å². The molecule has 0 spiro atoms. The van der Waals surface area contributed by atoms with Crippen LogP contribution in [0.25, 0.3) is 10.8 Å².